The first-order valence-corrected chi connectivity index (χ1v) is 9.19. The fraction of sp³-hybridized carbons (Fsp3) is 0.545. The molecule has 2 aromatic carbocycles. The Morgan fingerprint density at radius 2 is 1.18 bits per heavy atom. The van der Waals surface area contributed by atoms with Gasteiger partial charge in [-0.2, -0.15) is 0 Å². The zero-order chi connectivity index (χ0) is 16.3. The lowest BCUT2D eigenvalue weighted by Crippen LogP contribution is -2.06. The van der Waals surface area contributed by atoms with Gasteiger partial charge in [0.05, 0.1) is 0 Å². The zero-order valence-corrected chi connectivity index (χ0v) is 15.3. The molecule has 0 heterocycles. The average molecular weight is 295 g/mol. The normalized spacial score (nSPS) is 11.4. The Balaban J connectivity index is 3.00. The van der Waals surface area contributed by atoms with Crippen molar-refractivity contribution in [2.45, 2.75) is 80.1 Å². The Morgan fingerprint density at radius 3 is 1.64 bits per heavy atom. The maximum atomic E-state index is 3.77. The Morgan fingerprint density at radius 1 is 0.636 bits per heavy atom. The van der Waals surface area contributed by atoms with Gasteiger partial charge in [-0.25, -0.2) is 0 Å². The van der Waals surface area contributed by atoms with Crippen molar-refractivity contribution in [3.05, 3.63) is 45.5 Å². The lowest BCUT2D eigenvalue weighted by molar-refractivity contribution is 0.969. The largest absolute Gasteiger partial charge is 0.0613 e. The fourth-order valence-electron chi connectivity index (χ4n) is 4.12. The summed E-state index contributed by atoms with van der Waals surface area (Å²) in [6.07, 6.45) is 6.73. The number of hydrogen-bond acceptors (Lipinski definition) is 0. The number of benzene rings is 2. The summed E-state index contributed by atoms with van der Waals surface area (Å²) in [7, 11) is 0. The first kappa shape index (κ1) is 17.1. The molecule has 0 heteroatoms. The minimum atomic E-state index is 1.09. The van der Waals surface area contributed by atoms with Gasteiger partial charge in [-0.3, -0.25) is 0 Å². The van der Waals surface area contributed by atoms with Crippen LogP contribution in [-0.2, 0) is 38.5 Å². The molecule has 0 bridgehead atoms. The summed E-state index contributed by atoms with van der Waals surface area (Å²) in [5.41, 5.74) is 9.27. The fourth-order valence-corrected chi connectivity index (χ4v) is 4.12. The van der Waals surface area contributed by atoms with Crippen molar-refractivity contribution in [2.75, 3.05) is 0 Å². The molecule has 0 saturated heterocycles. The third-order valence-corrected chi connectivity index (χ3v) is 5.11. The highest BCUT2D eigenvalue weighted by molar-refractivity contribution is 5.92. The van der Waals surface area contributed by atoms with Gasteiger partial charge in [0.1, 0.15) is 0 Å². The van der Waals surface area contributed by atoms with E-state index >= 15 is 0 Å². The van der Waals surface area contributed by atoms with Gasteiger partial charge in [0.2, 0.25) is 0 Å². The molecule has 0 saturated carbocycles. The first-order valence-electron chi connectivity index (χ1n) is 9.19. The summed E-state index contributed by atoms with van der Waals surface area (Å²) in [6, 6.07) is 6.19. The monoisotopic (exact) mass is 295 g/mol. The second-order valence-corrected chi connectivity index (χ2v) is 6.10. The van der Waals surface area contributed by atoms with E-state index in [1.165, 1.54) is 21.9 Å². The molecule has 0 nitrogen and oxygen atoms in total. The average Bonchev–Trinajstić information content (AvgIpc) is 2.57. The van der Waals surface area contributed by atoms with E-state index in [0.29, 0.717) is 0 Å². The minimum absolute atomic E-state index is 1.09. The van der Waals surface area contributed by atoms with E-state index in [-0.39, 0.29) is 0 Å². The summed E-state index contributed by atoms with van der Waals surface area (Å²) in [6.45, 7) is 13.8. The number of aryl methyl sites for hydroxylation is 4. The lowest BCUT2D eigenvalue weighted by Gasteiger charge is -2.21. The molecule has 0 amide bonds. The van der Waals surface area contributed by atoms with E-state index in [2.05, 4.69) is 53.7 Å². The molecule has 0 N–H and O–H groups in total. The predicted octanol–water partition coefficient (Wildman–Crippen LogP) is 6.01. The number of rotatable bonds is 6. The molecule has 0 aliphatic carbocycles. The van der Waals surface area contributed by atoms with Gasteiger partial charge < -0.3 is 0 Å². The minimum Gasteiger partial charge on any atom is -0.0613 e. The summed E-state index contributed by atoms with van der Waals surface area (Å²) < 4.78 is 0. The molecule has 0 aliphatic heterocycles. The van der Waals surface area contributed by atoms with Crippen LogP contribution < -0.4 is 0 Å². The highest BCUT2D eigenvalue weighted by Crippen LogP contribution is 2.34. The maximum absolute atomic E-state index is 3.77. The van der Waals surface area contributed by atoms with Crippen molar-refractivity contribution < 1.29 is 0 Å². The van der Waals surface area contributed by atoms with Gasteiger partial charge in [-0.1, -0.05) is 47.6 Å². The zero-order valence-electron chi connectivity index (χ0n) is 15.3. The van der Waals surface area contributed by atoms with E-state index in [9.17, 15) is 0 Å². The van der Waals surface area contributed by atoms with Crippen LogP contribution in [0.1, 0.15) is 74.9 Å². The van der Waals surface area contributed by atoms with Gasteiger partial charge in [0, 0.05) is 0 Å². The first-order chi connectivity index (χ1) is 10.7. The molecule has 2 rings (SSSR count). The highest BCUT2D eigenvalue weighted by atomic mass is 14.2. The van der Waals surface area contributed by atoms with Crippen LogP contribution in [-0.4, -0.2) is 0 Å². The quantitative estimate of drug-likeness (QED) is 0.612. The van der Waals surface area contributed by atoms with E-state index in [0.717, 1.165) is 38.5 Å². The van der Waals surface area contributed by atoms with Crippen LogP contribution in [0.25, 0.3) is 10.8 Å². The molecule has 2 aromatic rings. The van der Waals surface area contributed by atoms with Crippen LogP contribution in [0.2, 0.25) is 0 Å². The predicted molar refractivity (Wildman–Crippen MR) is 99.1 cm³/mol. The van der Waals surface area contributed by atoms with Crippen molar-refractivity contribution in [3.8, 4) is 0 Å². The summed E-state index contributed by atoms with van der Waals surface area (Å²) in [5, 5.41) is 2.88. The SMILES string of the molecule is CCc1[c]c2cc(CC)c(CC)c(CC)c2c(CC)c1CC. The molecule has 119 valence electrons. The van der Waals surface area contributed by atoms with Crippen molar-refractivity contribution >= 4 is 10.8 Å². The van der Waals surface area contributed by atoms with E-state index in [4.69, 9.17) is 0 Å². The van der Waals surface area contributed by atoms with Gasteiger partial charge in [-0.15, -0.1) is 0 Å². The van der Waals surface area contributed by atoms with Crippen LogP contribution in [0, 0.1) is 6.07 Å². The summed E-state index contributed by atoms with van der Waals surface area (Å²) in [4.78, 5) is 0. The third-order valence-electron chi connectivity index (χ3n) is 5.11. The maximum Gasteiger partial charge on any atom is -0.00611 e. The highest BCUT2D eigenvalue weighted by Gasteiger charge is 2.17. The standard InChI is InChI=1S/C22H31/c1-7-15-13-17-14-16(8-2)19(10-4)21(12-6)22(17)20(11-5)18(15)9-3/h13H,7-12H2,1-6H3. The van der Waals surface area contributed by atoms with Crippen LogP contribution >= 0.6 is 0 Å². The Labute approximate surface area is 136 Å². The molecule has 22 heavy (non-hydrogen) atoms. The summed E-state index contributed by atoms with van der Waals surface area (Å²) >= 11 is 0. The van der Waals surface area contributed by atoms with Crippen molar-refractivity contribution in [1.82, 2.24) is 0 Å². The molecule has 0 unspecified atom stereocenters. The Bertz CT molecular complexity index is 607. The van der Waals surface area contributed by atoms with E-state index in [1.807, 2.05) is 0 Å². The van der Waals surface area contributed by atoms with Gasteiger partial charge in [-0.05, 0) is 88.7 Å². The molecular weight excluding hydrogens is 264 g/mol. The summed E-state index contributed by atoms with van der Waals surface area (Å²) in [5.74, 6) is 0. The van der Waals surface area contributed by atoms with Crippen molar-refractivity contribution in [3.63, 3.8) is 0 Å². The Kier molecular flexibility index (Phi) is 5.67. The van der Waals surface area contributed by atoms with Crippen LogP contribution in [0.15, 0.2) is 6.07 Å². The second kappa shape index (κ2) is 7.31. The molecule has 0 spiro atoms. The molecule has 0 fully saturated rings. The number of hydrogen-bond donors (Lipinski definition) is 0. The Hall–Kier alpha value is -1.30. The van der Waals surface area contributed by atoms with E-state index < -0.39 is 0 Å². The van der Waals surface area contributed by atoms with Crippen molar-refractivity contribution in [2.24, 2.45) is 0 Å². The van der Waals surface area contributed by atoms with Gasteiger partial charge in [0.15, 0.2) is 0 Å². The number of fused-ring (bicyclic) bond motifs is 1. The van der Waals surface area contributed by atoms with E-state index in [1.54, 1.807) is 22.3 Å². The second-order valence-electron chi connectivity index (χ2n) is 6.10. The molecular formula is C22H31. The lowest BCUT2D eigenvalue weighted by atomic mass is 9.83. The van der Waals surface area contributed by atoms with Gasteiger partial charge >= 0.3 is 0 Å². The van der Waals surface area contributed by atoms with Crippen molar-refractivity contribution in [1.29, 1.82) is 0 Å². The molecule has 0 aliphatic rings. The smallest absolute Gasteiger partial charge is 0.00611 e. The molecule has 0 atom stereocenters. The van der Waals surface area contributed by atoms with Gasteiger partial charge in [0.25, 0.3) is 0 Å². The molecule has 1 radical (unpaired) electrons. The topological polar surface area (TPSA) is 0 Å². The van der Waals surface area contributed by atoms with Crippen LogP contribution in [0.5, 0.6) is 0 Å². The van der Waals surface area contributed by atoms with Crippen LogP contribution in [0.4, 0.5) is 0 Å². The molecule has 0 aromatic heterocycles. The van der Waals surface area contributed by atoms with Crippen LogP contribution in [0.3, 0.4) is 0 Å². The third kappa shape index (κ3) is 2.69.